The van der Waals surface area contributed by atoms with Gasteiger partial charge < -0.3 is 14.8 Å². The minimum atomic E-state index is -3.74. The number of fused-ring (bicyclic) bond motifs is 1. The molecule has 0 aromatic heterocycles. The van der Waals surface area contributed by atoms with Crippen molar-refractivity contribution in [3.63, 3.8) is 0 Å². The Morgan fingerprint density at radius 2 is 1.69 bits per heavy atom. The highest BCUT2D eigenvalue weighted by atomic mass is 32.2. The van der Waals surface area contributed by atoms with Crippen molar-refractivity contribution < 1.29 is 22.7 Å². The SMILES string of the molecule is CCC(NC(=O)c1cccc(NS(=O)(=O)c2ccccc2)c1)c1ccc2c(c1)OCCO2. The van der Waals surface area contributed by atoms with Crippen molar-refractivity contribution in [2.45, 2.75) is 24.3 Å². The normalized spacial score (nSPS) is 13.8. The molecular formula is C24H24N2O5S. The van der Waals surface area contributed by atoms with E-state index in [4.69, 9.17) is 9.47 Å². The van der Waals surface area contributed by atoms with Crippen LogP contribution >= 0.6 is 0 Å². The number of carbonyl (C=O) groups is 1. The smallest absolute Gasteiger partial charge is 0.261 e. The molecule has 1 unspecified atom stereocenters. The van der Waals surface area contributed by atoms with Gasteiger partial charge in [0.05, 0.1) is 10.9 Å². The molecule has 7 nitrogen and oxygen atoms in total. The van der Waals surface area contributed by atoms with Gasteiger partial charge in [0.1, 0.15) is 13.2 Å². The number of carbonyl (C=O) groups excluding carboxylic acids is 1. The molecule has 0 saturated carbocycles. The van der Waals surface area contributed by atoms with Gasteiger partial charge in [-0.3, -0.25) is 9.52 Å². The van der Waals surface area contributed by atoms with Crippen LogP contribution < -0.4 is 19.5 Å². The van der Waals surface area contributed by atoms with E-state index in [-0.39, 0.29) is 16.8 Å². The Morgan fingerprint density at radius 3 is 2.44 bits per heavy atom. The van der Waals surface area contributed by atoms with Crippen LogP contribution in [0.2, 0.25) is 0 Å². The molecule has 4 rings (SSSR count). The number of nitrogens with one attached hydrogen (secondary N) is 2. The number of sulfonamides is 1. The summed E-state index contributed by atoms with van der Waals surface area (Å²) in [7, 11) is -3.74. The highest BCUT2D eigenvalue weighted by Crippen LogP contribution is 2.33. The summed E-state index contributed by atoms with van der Waals surface area (Å²) >= 11 is 0. The molecule has 1 amide bonds. The first-order valence-corrected chi connectivity index (χ1v) is 11.8. The number of hydrogen-bond donors (Lipinski definition) is 2. The van der Waals surface area contributed by atoms with Crippen LogP contribution in [0.4, 0.5) is 5.69 Å². The maximum absolute atomic E-state index is 12.9. The van der Waals surface area contributed by atoms with Gasteiger partial charge in [-0.1, -0.05) is 37.3 Å². The molecule has 2 N–H and O–H groups in total. The quantitative estimate of drug-likeness (QED) is 0.562. The molecule has 3 aromatic rings. The highest BCUT2D eigenvalue weighted by molar-refractivity contribution is 7.92. The van der Waals surface area contributed by atoms with Crippen molar-refractivity contribution in [2.75, 3.05) is 17.9 Å². The Hall–Kier alpha value is -3.52. The van der Waals surface area contributed by atoms with Crippen LogP contribution in [0.25, 0.3) is 0 Å². The molecule has 1 heterocycles. The zero-order chi connectivity index (χ0) is 22.6. The first-order chi connectivity index (χ1) is 15.5. The van der Waals surface area contributed by atoms with Gasteiger partial charge in [0.15, 0.2) is 11.5 Å². The van der Waals surface area contributed by atoms with Crippen LogP contribution in [0.5, 0.6) is 11.5 Å². The van der Waals surface area contributed by atoms with Crippen LogP contribution in [0.15, 0.2) is 77.7 Å². The lowest BCUT2D eigenvalue weighted by Gasteiger charge is -2.22. The molecule has 8 heteroatoms. The average molecular weight is 453 g/mol. The van der Waals surface area contributed by atoms with Gasteiger partial charge in [0, 0.05) is 11.3 Å². The standard InChI is InChI=1S/C24H24N2O5S/c1-2-21(17-11-12-22-23(16-17)31-14-13-30-22)25-24(27)18-7-6-8-19(15-18)26-32(28,29)20-9-4-3-5-10-20/h3-12,15-16,21,26H,2,13-14H2,1H3,(H,25,27). The Bertz CT molecular complexity index is 1210. The van der Waals surface area contributed by atoms with E-state index in [1.807, 2.05) is 25.1 Å². The van der Waals surface area contributed by atoms with Crippen LogP contribution in [-0.2, 0) is 10.0 Å². The van der Waals surface area contributed by atoms with E-state index < -0.39 is 10.0 Å². The Kier molecular flexibility index (Phi) is 6.32. The molecule has 0 saturated heterocycles. The molecule has 32 heavy (non-hydrogen) atoms. The summed E-state index contributed by atoms with van der Waals surface area (Å²) in [4.78, 5) is 13.1. The van der Waals surface area contributed by atoms with E-state index in [1.54, 1.807) is 36.4 Å². The number of benzene rings is 3. The molecule has 1 aliphatic rings. The van der Waals surface area contributed by atoms with Gasteiger partial charge in [0.2, 0.25) is 0 Å². The second-order valence-corrected chi connectivity index (χ2v) is 9.02. The van der Waals surface area contributed by atoms with Crippen LogP contribution in [0.1, 0.15) is 35.3 Å². The Balaban J connectivity index is 1.50. The lowest BCUT2D eigenvalue weighted by molar-refractivity contribution is 0.0935. The number of rotatable bonds is 7. The van der Waals surface area contributed by atoms with Crippen LogP contribution in [0.3, 0.4) is 0 Å². The first-order valence-electron chi connectivity index (χ1n) is 10.3. The lowest BCUT2D eigenvalue weighted by Crippen LogP contribution is -2.28. The largest absolute Gasteiger partial charge is 0.486 e. The fraction of sp³-hybridized carbons (Fsp3) is 0.208. The van der Waals surface area contributed by atoms with E-state index in [0.29, 0.717) is 42.4 Å². The van der Waals surface area contributed by atoms with Gasteiger partial charge in [-0.2, -0.15) is 0 Å². The summed E-state index contributed by atoms with van der Waals surface area (Å²) in [6, 6.07) is 19.9. The van der Waals surface area contributed by atoms with E-state index in [2.05, 4.69) is 10.0 Å². The predicted molar refractivity (Wildman–Crippen MR) is 122 cm³/mol. The molecule has 1 atom stereocenters. The van der Waals surface area contributed by atoms with Gasteiger partial charge in [-0.15, -0.1) is 0 Å². The third kappa shape index (κ3) is 4.86. The van der Waals surface area contributed by atoms with E-state index in [1.165, 1.54) is 18.2 Å². The summed E-state index contributed by atoms with van der Waals surface area (Å²) in [5.74, 6) is 1.06. The summed E-state index contributed by atoms with van der Waals surface area (Å²) in [5.41, 5.74) is 1.58. The minimum absolute atomic E-state index is 0.152. The summed E-state index contributed by atoms with van der Waals surface area (Å²) in [6.07, 6.45) is 0.672. The van der Waals surface area contributed by atoms with Gasteiger partial charge in [-0.05, 0) is 54.4 Å². The lowest BCUT2D eigenvalue weighted by atomic mass is 10.0. The fourth-order valence-corrected chi connectivity index (χ4v) is 4.55. The average Bonchev–Trinajstić information content (AvgIpc) is 2.82. The number of hydrogen-bond acceptors (Lipinski definition) is 5. The molecule has 3 aromatic carbocycles. The van der Waals surface area contributed by atoms with Crippen molar-refractivity contribution >= 4 is 21.6 Å². The Labute approximate surface area is 187 Å². The second kappa shape index (κ2) is 9.32. The predicted octanol–water partition coefficient (Wildman–Crippen LogP) is 4.14. The second-order valence-electron chi connectivity index (χ2n) is 7.34. The van der Waals surface area contributed by atoms with Crippen molar-refractivity contribution in [3.05, 3.63) is 83.9 Å². The van der Waals surface area contributed by atoms with E-state index in [9.17, 15) is 13.2 Å². The molecular weight excluding hydrogens is 428 g/mol. The van der Waals surface area contributed by atoms with E-state index in [0.717, 1.165) is 5.56 Å². The molecule has 0 aliphatic carbocycles. The molecule has 0 spiro atoms. The summed E-state index contributed by atoms with van der Waals surface area (Å²) in [6.45, 7) is 2.99. The summed E-state index contributed by atoms with van der Waals surface area (Å²) < 4.78 is 38.9. The topological polar surface area (TPSA) is 93.7 Å². The highest BCUT2D eigenvalue weighted by Gasteiger charge is 2.19. The molecule has 1 aliphatic heterocycles. The maximum atomic E-state index is 12.9. The molecule has 166 valence electrons. The van der Waals surface area contributed by atoms with Crippen LogP contribution in [0, 0.1) is 0 Å². The van der Waals surface area contributed by atoms with Gasteiger partial charge in [-0.25, -0.2) is 8.42 Å². The Morgan fingerprint density at radius 1 is 0.938 bits per heavy atom. The third-order valence-electron chi connectivity index (χ3n) is 5.11. The van der Waals surface area contributed by atoms with Crippen molar-refractivity contribution in [2.24, 2.45) is 0 Å². The molecule has 0 bridgehead atoms. The maximum Gasteiger partial charge on any atom is 0.261 e. The minimum Gasteiger partial charge on any atom is -0.486 e. The van der Waals surface area contributed by atoms with E-state index >= 15 is 0 Å². The van der Waals surface area contributed by atoms with Gasteiger partial charge >= 0.3 is 0 Å². The monoisotopic (exact) mass is 452 g/mol. The number of anilines is 1. The number of amides is 1. The zero-order valence-electron chi connectivity index (χ0n) is 17.6. The van der Waals surface area contributed by atoms with Crippen molar-refractivity contribution in [1.29, 1.82) is 0 Å². The fourth-order valence-electron chi connectivity index (χ4n) is 3.48. The van der Waals surface area contributed by atoms with Crippen molar-refractivity contribution in [3.8, 4) is 11.5 Å². The number of ether oxygens (including phenoxy) is 2. The first kappa shape index (κ1) is 21.7. The third-order valence-corrected chi connectivity index (χ3v) is 6.51. The molecule has 0 radical (unpaired) electrons. The zero-order valence-corrected chi connectivity index (χ0v) is 18.4. The van der Waals surface area contributed by atoms with Crippen molar-refractivity contribution in [1.82, 2.24) is 5.32 Å². The molecule has 0 fully saturated rings. The van der Waals surface area contributed by atoms with Crippen LogP contribution in [-0.4, -0.2) is 27.5 Å². The van der Waals surface area contributed by atoms with Gasteiger partial charge in [0.25, 0.3) is 15.9 Å². The summed E-state index contributed by atoms with van der Waals surface area (Å²) in [5, 5.41) is 3.02.